The standard InChI is InChI=1S/C16H27NO/c1-13(2)18-16-9-7-15(8-10-16)6-5-14(3)11-12-17-4/h7-10,13-14,17H,5-6,11-12H2,1-4H3. The molecule has 0 spiro atoms. The number of ether oxygens (including phenoxy) is 1. The van der Waals surface area contributed by atoms with Crippen molar-refractivity contribution in [1.82, 2.24) is 5.32 Å². The summed E-state index contributed by atoms with van der Waals surface area (Å²) in [6.45, 7) is 7.55. The van der Waals surface area contributed by atoms with Gasteiger partial charge in [-0.3, -0.25) is 0 Å². The van der Waals surface area contributed by atoms with Gasteiger partial charge in [0, 0.05) is 0 Å². The maximum Gasteiger partial charge on any atom is 0.119 e. The van der Waals surface area contributed by atoms with Crippen LogP contribution in [0.25, 0.3) is 0 Å². The Balaban J connectivity index is 2.34. The number of benzene rings is 1. The van der Waals surface area contributed by atoms with E-state index in [2.05, 4.69) is 50.4 Å². The van der Waals surface area contributed by atoms with E-state index in [1.165, 1.54) is 18.4 Å². The molecule has 0 amide bonds. The van der Waals surface area contributed by atoms with E-state index in [0.29, 0.717) is 0 Å². The molecule has 0 aliphatic heterocycles. The van der Waals surface area contributed by atoms with Crippen molar-refractivity contribution in [1.29, 1.82) is 0 Å². The first-order valence-electron chi connectivity index (χ1n) is 7.02. The van der Waals surface area contributed by atoms with Gasteiger partial charge in [0.05, 0.1) is 6.10 Å². The topological polar surface area (TPSA) is 21.3 Å². The Labute approximate surface area is 112 Å². The molecule has 2 nitrogen and oxygen atoms in total. The van der Waals surface area contributed by atoms with E-state index in [1.807, 2.05) is 7.05 Å². The lowest BCUT2D eigenvalue weighted by atomic mass is 9.98. The highest BCUT2D eigenvalue weighted by Crippen LogP contribution is 2.17. The van der Waals surface area contributed by atoms with Crippen molar-refractivity contribution < 1.29 is 4.74 Å². The largest absolute Gasteiger partial charge is 0.491 e. The number of rotatable bonds is 8. The highest BCUT2D eigenvalue weighted by molar-refractivity contribution is 5.27. The van der Waals surface area contributed by atoms with Crippen molar-refractivity contribution in [3.8, 4) is 5.75 Å². The molecule has 0 radical (unpaired) electrons. The predicted octanol–water partition coefficient (Wildman–Crippen LogP) is 3.65. The summed E-state index contributed by atoms with van der Waals surface area (Å²) in [5.74, 6) is 1.75. The van der Waals surface area contributed by atoms with E-state index < -0.39 is 0 Å². The van der Waals surface area contributed by atoms with Crippen molar-refractivity contribution in [2.24, 2.45) is 5.92 Å². The van der Waals surface area contributed by atoms with Gasteiger partial charge in [-0.25, -0.2) is 0 Å². The summed E-state index contributed by atoms with van der Waals surface area (Å²) in [6.07, 6.45) is 3.92. The second-order valence-corrected chi connectivity index (χ2v) is 5.35. The second kappa shape index (κ2) is 8.15. The first-order chi connectivity index (χ1) is 8.61. The zero-order valence-corrected chi connectivity index (χ0v) is 12.2. The Morgan fingerprint density at radius 1 is 1.06 bits per heavy atom. The zero-order chi connectivity index (χ0) is 13.4. The van der Waals surface area contributed by atoms with Crippen molar-refractivity contribution in [2.45, 2.75) is 46.1 Å². The van der Waals surface area contributed by atoms with Crippen LogP contribution in [0.2, 0.25) is 0 Å². The Bertz CT molecular complexity index is 318. The van der Waals surface area contributed by atoms with Crippen molar-refractivity contribution in [3.63, 3.8) is 0 Å². The normalized spacial score (nSPS) is 12.7. The van der Waals surface area contributed by atoms with Crippen LogP contribution in [0.3, 0.4) is 0 Å². The third-order valence-corrected chi connectivity index (χ3v) is 3.11. The van der Waals surface area contributed by atoms with E-state index in [4.69, 9.17) is 4.74 Å². The first-order valence-corrected chi connectivity index (χ1v) is 7.02. The highest BCUT2D eigenvalue weighted by atomic mass is 16.5. The molecule has 102 valence electrons. The lowest BCUT2D eigenvalue weighted by Gasteiger charge is -2.12. The van der Waals surface area contributed by atoms with Gasteiger partial charge in [-0.05, 0) is 70.3 Å². The van der Waals surface area contributed by atoms with Crippen LogP contribution in [-0.4, -0.2) is 19.7 Å². The van der Waals surface area contributed by atoms with E-state index in [0.717, 1.165) is 24.6 Å². The summed E-state index contributed by atoms with van der Waals surface area (Å²) in [7, 11) is 2.01. The van der Waals surface area contributed by atoms with Crippen LogP contribution in [0.1, 0.15) is 39.2 Å². The fourth-order valence-corrected chi connectivity index (χ4v) is 1.95. The molecular formula is C16H27NO. The molecule has 1 atom stereocenters. The first kappa shape index (κ1) is 15.0. The monoisotopic (exact) mass is 249 g/mol. The molecule has 1 aromatic rings. The Hall–Kier alpha value is -1.02. The molecule has 18 heavy (non-hydrogen) atoms. The minimum Gasteiger partial charge on any atom is -0.491 e. The highest BCUT2D eigenvalue weighted by Gasteiger charge is 2.03. The molecule has 0 fully saturated rings. The van der Waals surface area contributed by atoms with Crippen molar-refractivity contribution in [3.05, 3.63) is 29.8 Å². The summed E-state index contributed by atoms with van der Waals surface area (Å²) in [4.78, 5) is 0. The maximum atomic E-state index is 5.64. The van der Waals surface area contributed by atoms with Crippen LogP contribution >= 0.6 is 0 Å². The summed E-state index contributed by atoms with van der Waals surface area (Å²) < 4.78 is 5.64. The molecule has 0 aromatic heterocycles. The van der Waals surface area contributed by atoms with Crippen LogP contribution in [0, 0.1) is 5.92 Å². The van der Waals surface area contributed by atoms with Crippen molar-refractivity contribution in [2.75, 3.05) is 13.6 Å². The van der Waals surface area contributed by atoms with E-state index in [9.17, 15) is 0 Å². The molecule has 0 saturated carbocycles. The summed E-state index contributed by atoms with van der Waals surface area (Å²) in [6, 6.07) is 8.52. The Morgan fingerprint density at radius 3 is 2.28 bits per heavy atom. The average Bonchev–Trinajstić information content (AvgIpc) is 2.35. The number of hydrogen-bond acceptors (Lipinski definition) is 2. The molecule has 0 bridgehead atoms. The summed E-state index contributed by atoms with van der Waals surface area (Å²) >= 11 is 0. The molecule has 1 unspecified atom stereocenters. The lowest BCUT2D eigenvalue weighted by Crippen LogP contribution is -2.11. The van der Waals surface area contributed by atoms with E-state index >= 15 is 0 Å². The molecule has 0 aliphatic rings. The van der Waals surface area contributed by atoms with Gasteiger partial charge in [-0.2, -0.15) is 0 Å². The van der Waals surface area contributed by atoms with Gasteiger partial charge in [0.2, 0.25) is 0 Å². The molecule has 2 heteroatoms. The molecule has 0 saturated heterocycles. The summed E-state index contributed by atoms with van der Waals surface area (Å²) in [5.41, 5.74) is 1.41. The van der Waals surface area contributed by atoms with Crippen LogP contribution < -0.4 is 10.1 Å². The van der Waals surface area contributed by atoms with Crippen LogP contribution in [0.5, 0.6) is 5.75 Å². The molecule has 1 rings (SSSR count). The molecule has 1 N–H and O–H groups in total. The fourth-order valence-electron chi connectivity index (χ4n) is 1.95. The fraction of sp³-hybridized carbons (Fsp3) is 0.625. The van der Waals surface area contributed by atoms with Crippen LogP contribution in [0.4, 0.5) is 0 Å². The zero-order valence-electron chi connectivity index (χ0n) is 12.2. The quantitative estimate of drug-likeness (QED) is 0.759. The third-order valence-electron chi connectivity index (χ3n) is 3.11. The van der Waals surface area contributed by atoms with Gasteiger partial charge in [0.1, 0.15) is 5.75 Å². The van der Waals surface area contributed by atoms with Gasteiger partial charge < -0.3 is 10.1 Å². The predicted molar refractivity (Wildman–Crippen MR) is 78.2 cm³/mol. The molecule has 1 aromatic carbocycles. The maximum absolute atomic E-state index is 5.64. The van der Waals surface area contributed by atoms with Crippen LogP contribution in [-0.2, 0) is 6.42 Å². The number of nitrogens with one attached hydrogen (secondary N) is 1. The Morgan fingerprint density at radius 2 is 1.72 bits per heavy atom. The number of aryl methyl sites for hydroxylation is 1. The molecular weight excluding hydrogens is 222 g/mol. The van der Waals surface area contributed by atoms with Gasteiger partial charge in [0.15, 0.2) is 0 Å². The number of hydrogen-bond donors (Lipinski definition) is 1. The van der Waals surface area contributed by atoms with E-state index in [1.54, 1.807) is 0 Å². The van der Waals surface area contributed by atoms with Gasteiger partial charge in [0.25, 0.3) is 0 Å². The minimum absolute atomic E-state index is 0.248. The second-order valence-electron chi connectivity index (χ2n) is 5.35. The van der Waals surface area contributed by atoms with Gasteiger partial charge in [-0.15, -0.1) is 0 Å². The average molecular weight is 249 g/mol. The SMILES string of the molecule is CNCCC(C)CCc1ccc(OC(C)C)cc1. The summed E-state index contributed by atoms with van der Waals surface area (Å²) in [5, 5.41) is 3.21. The smallest absolute Gasteiger partial charge is 0.119 e. The van der Waals surface area contributed by atoms with Gasteiger partial charge in [-0.1, -0.05) is 19.1 Å². The molecule has 0 aliphatic carbocycles. The van der Waals surface area contributed by atoms with Crippen molar-refractivity contribution >= 4 is 0 Å². The Kier molecular flexibility index (Phi) is 6.81. The van der Waals surface area contributed by atoms with Crippen LogP contribution in [0.15, 0.2) is 24.3 Å². The molecule has 0 heterocycles. The lowest BCUT2D eigenvalue weighted by molar-refractivity contribution is 0.242. The minimum atomic E-state index is 0.248. The third kappa shape index (κ3) is 6.06. The van der Waals surface area contributed by atoms with Gasteiger partial charge >= 0.3 is 0 Å². The van der Waals surface area contributed by atoms with E-state index in [-0.39, 0.29) is 6.10 Å².